The van der Waals surface area contributed by atoms with Crippen molar-refractivity contribution in [2.75, 3.05) is 6.26 Å². The van der Waals surface area contributed by atoms with Crippen LogP contribution in [-0.2, 0) is 4.79 Å². The van der Waals surface area contributed by atoms with Gasteiger partial charge in [0.25, 0.3) is 17.4 Å². The molecule has 2 aromatic heterocycles. The van der Waals surface area contributed by atoms with Crippen molar-refractivity contribution in [1.29, 1.82) is 0 Å². The first-order valence-corrected chi connectivity index (χ1v) is 12.3. The summed E-state index contributed by atoms with van der Waals surface area (Å²) in [6.07, 6.45) is 3.55. The number of benzene rings is 2. The number of rotatable bonds is 7. The van der Waals surface area contributed by atoms with Crippen molar-refractivity contribution in [3.8, 4) is 0 Å². The Hall–Kier alpha value is -3.76. The van der Waals surface area contributed by atoms with Gasteiger partial charge >= 0.3 is 0 Å². The van der Waals surface area contributed by atoms with Gasteiger partial charge in [0.1, 0.15) is 5.69 Å². The van der Waals surface area contributed by atoms with Crippen LogP contribution in [0.4, 0.5) is 0 Å². The van der Waals surface area contributed by atoms with E-state index in [0.717, 1.165) is 14.6 Å². The van der Waals surface area contributed by atoms with Crippen LogP contribution in [-0.4, -0.2) is 34.5 Å². The Kier molecular flexibility index (Phi) is 7.19. The van der Waals surface area contributed by atoms with E-state index < -0.39 is 17.9 Å². The van der Waals surface area contributed by atoms with Crippen molar-refractivity contribution in [3.63, 3.8) is 0 Å². The van der Waals surface area contributed by atoms with Crippen molar-refractivity contribution in [2.24, 2.45) is 5.10 Å². The van der Waals surface area contributed by atoms with E-state index in [9.17, 15) is 14.4 Å². The number of carbonyl (C=O) groups is 2. The monoisotopic (exact) mass is 491 g/mol. The Bertz CT molecular complexity index is 1430. The van der Waals surface area contributed by atoms with Gasteiger partial charge in [-0.25, -0.2) is 10.5 Å². The molecule has 3 N–H and O–H groups in total. The zero-order valence-corrected chi connectivity index (χ0v) is 20.0. The minimum atomic E-state index is -1.20. The third-order valence-corrected chi connectivity index (χ3v) is 7.20. The Balaban J connectivity index is 1.67. The van der Waals surface area contributed by atoms with E-state index in [0.29, 0.717) is 16.3 Å². The molecule has 0 aliphatic heterocycles. The zero-order valence-electron chi connectivity index (χ0n) is 18.4. The molecule has 8 nitrogen and oxygen atoms in total. The summed E-state index contributed by atoms with van der Waals surface area (Å²) in [6, 6.07) is 16.1. The van der Waals surface area contributed by atoms with Crippen LogP contribution in [0.5, 0.6) is 0 Å². The highest BCUT2D eigenvalue weighted by molar-refractivity contribution is 8.00. The average Bonchev–Trinajstić information content (AvgIpc) is 3.23. The van der Waals surface area contributed by atoms with Crippen molar-refractivity contribution < 1.29 is 9.59 Å². The second-order valence-corrected chi connectivity index (χ2v) is 9.63. The van der Waals surface area contributed by atoms with Crippen molar-refractivity contribution >= 4 is 51.9 Å². The molecule has 0 aliphatic carbocycles. The Morgan fingerprint density at radius 2 is 1.82 bits per heavy atom. The predicted octanol–water partition coefficient (Wildman–Crippen LogP) is 3.64. The molecule has 34 heavy (non-hydrogen) atoms. The van der Waals surface area contributed by atoms with Gasteiger partial charge in [-0.1, -0.05) is 36.4 Å². The van der Waals surface area contributed by atoms with Gasteiger partial charge in [0.05, 0.1) is 15.8 Å². The number of thiophene rings is 1. The lowest BCUT2D eigenvalue weighted by molar-refractivity contribution is -0.123. The molecular formula is C24H21N5O3S2. The number of hydrogen-bond acceptors (Lipinski definition) is 7. The molecule has 172 valence electrons. The summed E-state index contributed by atoms with van der Waals surface area (Å²) >= 11 is 3.24. The van der Waals surface area contributed by atoms with E-state index in [1.165, 1.54) is 0 Å². The second-order valence-electron chi connectivity index (χ2n) is 7.29. The molecule has 10 heteroatoms. The summed E-state index contributed by atoms with van der Waals surface area (Å²) in [6.45, 7) is 2.00. The molecule has 4 aromatic rings. The second kappa shape index (κ2) is 10.4. The summed E-state index contributed by atoms with van der Waals surface area (Å²) in [5, 5.41) is 14.2. The summed E-state index contributed by atoms with van der Waals surface area (Å²) in [7, 11) is 0. The van der Waals surface area contributed by atoms with E-state index in [2.05, 4.69) is 26.0 Å². The highest BCUT2D eigenvalue weighted by atomic mass is 32.2. The highest BCUT2D eigenvalue weighted by Gasteiger charge is 2.27. The van der Waals surface area contributed by atoms with Gasteiger partial charge in [0, 0.05) is 21.4 Å². The maximum absolute atomic E-state index is 13.2. The van der Waals surface area contributed by atoms with Gasteiger partial charge in [0.2, 0.25) is 0 Å². The number of aryl methyl sites for hydroxylation is 1. The number of thioether (sulfide) groups is 1. The van der Waals surface area contributed by atoms with Crippen molar-refractivity contribution in [3.05, 3.63) is 92.7 Å². The van der Waals surface area contributed by atoms with E-state index >= 15 is 0 Å². The van der Waals surface area contributed by atoms with Crippen LogP contribution in [0, 0.1) is 6.92 Å². The van der Waals surface area contributed by atoms with Crippen LogP contribution < -0.4 is 16.3 Å². The minimum absolute atomic E-state index is 0.211. The topological polar surface area (TPSA) is 116 Å². The van der Waals surface area contributed by atoms with Crippen LogP contribution in [0.15, 0.2) is 74.8 Å². The first-order valence-electron chi connectivity index (χ1n) is 10.3. The lowest BCUT2D eigenvalue weighted by atomic mass is 10.0. The van der Waals surface area contributed by atoms with Crippen molar-refractivity contribution in [1.82, 2.24) is 20.9 Å². The number of amides is 2. The van der Waals surface area contributed by atoms with Crippen LogP contribution in [0.25, 0.3) is 10.8 Å². The molecule has 1 atom stereocenters. The van der Waals surface area contributed by atoms with Gasteiger partial charge in [-0.3, -0.25) is 14.4 Å². The molecule has 0 fully saturated rings. The minimum Gasteiger partial charge on any atom is -0.335 e. The largest absolute Gasteiger partial charge is 0.335 e. The average molecular weight is 492 g/mol. The lowest BCUT2D eigenvalue weighted by Gasteiger charge is -2.18. The molecule has 0 aliphatic rings. The number of aromatic nitrogens is 2. The molecular weight excluding hydrogens is 470 g/mol. The molecule has 0 saturated carbocycles. The van der Waals surface area contributed by atoms with Gasteiger partial charge in [0.15, 0.2) is 6.04 Å². The summed E-state index contributed by atoms with van der Waals surface area (Å²) in [4.78, 5) is 39.5. The fourth-order valence-corrected chi connectivity index (χ4v) is 5.19. The maximum atomic E-state index is 13.2. The van der Waals surface area contributed by atoms with E-state index in [1.54, 1.807) is 83.9 Å². The third-order valence-electron chi connectivity index (χ3n) is 4.98. The van der Waals surface area contributed by atoms with Gasteiger partial charge in [-0.15, -0.1) is 23.1 Å². The molecule has 0 saturated heterocycles. The lowest BCUT2D eigenvalue weighted by Crippen LogP contribution is -2.40. The Morgan fingerprint density at radius 3 is 2.56 bits per heavy atom. The summed E-state index contributed by atoms with van der Waals surface area (Å²) in [5.41, 5.74) is 3.61. The molecule has 0 radical (unpaired) electrons. The number of nitrogens with one attached hydrogen (secondary N) is 3. The number of hydrogen-bond donors (Lipinski definition) is 3. The summed E-state index contributed by atoms with van der Waals surface area (Å²) in [5.74, 6) is -1.05. The van der Waals surface area contributed by atoms with Gasteiger partial charge < -0.3 is 5.32 Å². The van der Waals surface area contributed by atoms with Gasteiger partial charge in [-0.2, -0.15) is 10.2 Å². The van der Waals surface area contributed by atoms with Crippen LogP contribution in [0.1, 0.15) is 32.5 Å². The normalized spacial score (nSPS) is 12.1. The molecule has 2 aromatic carbocycles. The van der Waals surface area contributed by atoms with E-state index in [1.807, 2.05) is 19.2 Å². The van der Waals surface area contributed by atoms with Gasteiger partial charge in [-0.05, 0) is 37.4 Å². The fourth-order valence-electron chi connectivity index (χ4n) is 3.41. The number of fused-ring (bicyclic) bond motifs is 1. The van der Waals surface area contributed by atoms with E-state index in [-0.39, 0.29) is 11.3 Å². The third kappa shape index (κ3) is 5.08. The molecule has 0 bridgehead atoms. The van der Waals surface area contributed by atoms with Crippen LogP contribution in [0.3, 0.4) is 0 Å². The first kappa shape index (κ1) is 23.4. The Labute approximate surface area is 203 Å². The standard InChI is InChI=1S/C24H21N5O3S2/c1-14-12-16(24(33-2)34-14)13-25-28-23(32)20(26-21(30)15-8-4-3-5-9-15)19-17-10-6-7-11-18(17)22(31)29-27-19/h3-13,20H,1-2H3,(H,26,30)(H,28,32)(H,29,31)/b25-13-. The molecule has 2 heterocycles. The molecule has 4 rings (SSSR count). The Morgan fingerprint density at radius 1 is 1.12 bits per heavy atom. The molecule has 1 unspecified atom stereocenters. The van der Waals surface area contributed by atoms with E-state index in [4.69, 9.17) is 0 Å². The number of nitrogens with zero attached hydrogens (tertiary/aromatic N) is 2. The fraction of sp³-hybridized carbons (Fsp3) is 0.125. The maximum Gasteiger partial charge on any atom is 0.272 e. The van der Waals surface area contributed by atoms with Crippen LogP contribution in [0.2, 0.25) is 0 Å². The highest BCUT2D eigenvalue weighted by Crippen LogP contribution is 2.29. The van der Waals surface area contributed by atoms with Crippen LogP contribution >= 0.6 is 23.1 Å². The zero-order chi connectivity index (χ0) is 24.1. The number of carbonyl (C=O) groups excluding carboxylic acids is 2. The smallest absolute Gasteiger partial charge is 0.272 e. The molecule has 0 spiro atoms. The first-order chi connectivity index (χ1) is 16.5. The number of hydrazone groups is 1. The summed E-state index contributed by atoms with van der Waals surface area (Å²) < 4.78 is 1.08. The molecule has 2 amide bonds. The number of H-pyrrole nitrogens is 1. The quantitative estimate of drug-likeness (QED) is 0.207. The number of aromatic amines is 1. The predicted molar refractivity (Wildman–Crippen MR) is 136 cm³/mol. The SMILES string of the molecule is CSc1sc(C)cc1/C=N\NC(=O)C(NC(=O)c1ccccc1)c1n[nH]c(=O)c2ccccc12. The van der Waals surface area contributed by atoms with Crippen molar-refractivity contribution in [2.45, 2.75) is 17.2 Å².